The highest BCUT2D eigenvalue weighted by Crippen LogP contribution is 2.24. The third-order valence-corrected chi connectivity index (χ3v) is 4.56. The fraction of sp³-hybridized carbons (Fsp3) is 0.438. The second kappa shape index (κ2) is 5.88. The van der Waals surface area contributed by atoms with Crippen LogP contribution < -0.4 is 9.80 Å². The van der Waals surface area contributed by atoms with E-state index in [0.717, 1.165) is 45.2 Å². The molecule has 0 radical (unpaired) electrons. The summed E-state index contributed by atoms with van der Waals surface area (Å²) in [6.45, 7) is 6.43. The third-order valence-electron chi connectivity index (χ3n) is 4.56. The van der Waals surface area contributed by atoms with Gasteiger partial charge in [-0.05, 0) is 18.2 Å². The average molecular weight is 296 g/mol. The summed E-state index contributed by atoms with van der Waals surface area (Å²) in [7, 11) is 0. The van der Waals surface area contributed by atoms with Gasteiger partial charge in [0.05, 0.1) is 0 Å². The predicted octanol–water partition coefficient (Wildman–Crippen LogP) is 0.882. The van der Waals surface area contributed by atoms with Crippen molar-refractivity contribution >= 4 is 11.6 Å². The lowest BCUT2D eigenvalue weighted by Crippen LogP contribution is -2.63. The van der Waals surface area contributed by atoms with E-state index in [2.05, 4.69) is 41.8 Å². The SMILES string of the molecule is c1cnc(N2CCN(C3CN(c4ccncc4)C3)CC2)nc1. The number of nitrogens with zero attached hydrogens (tertiary/aromatic N) is 6. The van der Waals surface area contributed by atoms with Gasteiger partial charge < -0.3 is 9.80 Å². The quantitative estimate of drug-likeness (QED) is 0.838. The van der Waals surface area contributed by atoms with Crippen LogP contribution >= 0.6 is 0 Å². The molecule has 22 heavy (non-hydrogen) atoms. The van der Waals surface area contributed by atoms with E-state index in [0.29, 0.717) is 6.04 Å². The Morgan fingerprint density at radius 3 is 2.18 bits per heavy atom. The zero-order valence-electron chi connectivity index (χ0n) is 12.5. The minimum atomic E-state index is 0.673. The van der Waals surface area contributed by atoms with E-state index < -0.39 is 0 Å². The van der Waals surface area contributed by atoms with Crippen molar-refractivity contribution in [3.8, 4) is 0 Å². The highest BCUT2D eigenvalue weighted by molar-refractivity contribution is 5.48. The average Bonchev–Trinajstić information content (AvgIpc) is 2.56. The molecule has 6 heteroatoms. The number of aromatic nitrogens is 3. The maximum atomic E-state index is 4.34. The first-order chi connectivity index (χ1) is 10.9. The second-order valence-corrected chi connectivity index (χ2v) is 5.84. The molecule has 0 N–H and O–H groups in total. The van der Waals surface area contributed by atoms with Crippen molar-refractivity contribution in [2.24, 2.45) is 0 Å². The lowest BCUT2D eigenvalue weighted by molar-refractivity contribution is 0.157. The van der Waals surface area contributed by atoms with Gasteiger partial charge in [-0.1, -0.05) is 0 Å². The Bertz CT molecular complexity index is 591. The maximum Gasteiger partial charge on any atom is 0.225 e. The second-order valence-electron chi connectivity index (χ2n) is 5.84. The van der Waals surface area contributed by atoms with Crippen LogP contribution in [0.25, 0.3) is 0 Å². The van der Waals surface area contributed by atoms with Crippen LogP contribution in [0.5, 0.6) is 0 Å². The summed E-state index contributed by atoms with van der Waals surface area (Å²) in [5.74, 6) is 0.856. The van der Waals surface area contributed by atoms with Crippen molar-refractivity contribution in [3.05, 3.63) is 43.0 Å². The maximum absolute atomic E-state index is 4.34. The summed E-state index contributed by atoms with van der Waals surface area (Å²) >= 11 is 0. The van der Waals surface area contributed by atoms with Crippen LogP contribution in [0.1, 0.15) is 0 Å². The highest BCUT2D eigenvalue weighted by atomic mass is 15.4. The lowest BCUT2D eigenvalue weighted by atomic mass is 10.1. The van der Waals surface area contributed by atoms with Gasteiger partial charge in [-0.2, -0.15) is 0 Å². The molecule has 4 rings (SSSR count). The Morgan fingerprint density at radius 2 is 1.50 bits per heavy atom. The molecule has 2 aliphatic heterocycles. The van der Waals surface area contributed by atoms with E-state index in [9.17, 15) is 0 Å². The zero-order chi connectivity index (χ0) is 14.8. The van der Waals surface area contributed by atoms with Crippen LogP contribution in [0.15, 0.2) is 43.0 Å². The molecule has 4 heterocycles. The Hall–Kier alpha value is -2.21. The van der Waals surface area contributed by atoms with Gasteiger partial charge in [0, 0.05) is 75.8 Å². The molecule has 0 aromatic carbocycles. The minimum Gasteiger partial charge on any atom is -0.368 e. The molecule has 0 aliphatic carbocycles. The molecule has 114 valence electrons. The zero-order valence-corrected chi connectivity index (χ0v) is 12.5. The fourth-order valence-corrected chi connectivity index (χ4v) is 3.19. The highest BCUT2D eigenvalue weighted by Gasteiger charge is 2.33. The van der Waals surface area contributed by atoms with Gasteiger partial charge in [-0.15, -0.1) is 0 Å². The van der Waals surface area contributed by atoms with Crippen molar-refractivity contribution in [3.63, 3.8) is 0 Å². The number of pyridine rings is 1. The van der Waals surface area contributed by atoms with Crippen LogP contribution in [0.3, 0.4) is 0 Å². The predicted molar refractivity (Wildman–Crippen MR) is 86.1 cm³/mol. The molecule has 0 amide bonds. The van der Waals surface area contributed by atoms with E-state index in [1.54, 1.807) is 0 Å². The summed E-state index contributed by atoms with van der Waals surface area (Å²) in [4.78, 5) is 20.0. The molecule has 2 aromatic rings. The van der Waals surface area contributed by atoms with E-state index in [4.69, 9.17) is 0 Å². The standard InChI is InChI=1S/C16H20N6/c1-4-18-16(19-5-1)21-10-8-20(9-11-21)15-12-22(13-15)14-2-6-17-7-3-14/h1-7,15H,8-13H2. The molecule has 0 bridgehead atoms. The first-order valence-electron chi connectivity index (χ1n) is 7.81. The van der Waals surface area contributed by atoms with Gasteiger partial charge in [-0.25, -0.2) is 9.97 Å². The van der Waals surface area contributed by atoms with Crippen molar-refractivity contribution in [2.45, 2.75) is 6.04 Å². The molecule has 2 fully saturated rings. The molecule has 0 atom stereocenters. The number of piperazine rings is 1. The van der Waals surface area contributed by atoms with E-state index in [1.807, 2.05) is 30.9 Å². The van der Waals surface area contributed by atoms with Crippen LogP contribution in [-0.2, 0) is 0 Å². The van der Waals surface area contributed by atoms with Crippen molar-refractivity contribution < 1.29 is 0 Å². The van der Waals surface area contributed by atoms with Gasteiger partial charge in [0.2, 0.25) is 5.95 Å². The van der Waals surface area contributed by atoms with Crippen molar-refractivity contribution in [1.82, 2.24) is 19.9 Å². The number of hydrogen-bond donors (Lipinski definition) is 0. The molecule has 6 nitrogen and oxygen atoms in total. The van der Waals surface area contributed by atoms with Gasteiger partial charge >= 0.3 is 0 Å². The summed E-state index contributed by atoms with van der Waals surface area (Å²) in [5, 5.41) is 0. The number of anilines is 2. The molecule has 2 aliphatic rings. The molecule has 2 aromatic heterocycles. The van der Waals surface area contributed by atoms with Crippen molar-refractivity contribution in [1.29, 1.82) is 0 Å². The Balaban J connectivity index is 1.29. The smallest absolute Gasteiger partial charge is 0.225 e. The van der Waals surface area contributed by atoms with Gasteiger partial charge in [0.25, 0.3) is 0 Å². The van der Waals surface area contributed by atoms with Gasteiger partial charge in [0.1, 0.15) is 0 Å². The van der Waals surface area contributed by atoms with Crippen LogP contribution in [0.4, 0.5) is 11.6 Å². The molecule has 2 saturated heterocycles. The molecular weight excluding hydrogens is 276 g/mol. The van der Waals surface area contributed by atoms with Gasteiger partial charge in [-0.3, -0.25) is 9.88 Å². The summed E-state index contributed by atoms with van der Waals surface area (Å²) in [6.07, 6.45) is 7.35. The molecule has 0 unspecified atom stereocenters. The van der Waals surface area contributed by atoms with E-state index in [1.165, 1.54) is 5.69 Å². The minimum absolute atomic E-state index is 0.673. The number of hydrogen-bond acceptors (Lipinski definition) is 6. The topological polar surface area (TPSA) is 48.4 Å². The molecular formula is C16H20N6. The Labute approximate surface area is 130 Å². The van der Waals surface area contributed by atoms with Crippen LogP contribution in [0.2, 0.25) is 0 Å². The fourth-order valence-electron chi connectivity index (χ4n) is 3.19. The third kappa shape index (κ3) is 2.62. The first kappa shape index (κ1) is 13.5. The Kier molecular flexibility index (Phi) is 3.60. The monoisotopic (exact) mass is 296 g/mol. The van der Waals surface area contributed by atoms with E-state index in [-0.39, 0.29) is 0 Å². The largest absolute Gasteiger partial charge is 0.368 e. The lowest BCUT2D eigenvalue weighted by Gasteiger charge is -2.49. The normalized spacial score (nSPS) is 20.0. The van der Waals surface area contributed by atoms with Gasteiger partial charge in [0.15, 0.2) is 0 Å². The number of rotatable bonds is 3. The summed E-state index contributed by atoms with van der Waals surface area (Å²) < 4.78 is 0. The van der Waals surface area contributed by atoms with E-state index >= 15 is 0 Å². The summed E-state index contributed by atoms with van der Waals surface area (Å²) in [6, 6.07) is 6.70. The van der Waals surface area contributed by atoms with Crippen molar-refractivity contribution in [2.75, 3.05) is 49.1 Å². The van der Waals surface area contributed by atoms with Crippen LogP contribution in [-0.4, -0.2) is 65.2 Å². The molecule has 0 saturated carbocycles. The first-order valence-corrected chi connectivity index (χ1v) is 7.81. The Morgan fingerprint density at radius 1 is 0.818 bits per heavy atom. The van der Waals surface area contributed by atoms with Crippen LogP contribution in [0, 0.1) is 0 Å². The summed E-state index contributed by atoms with van der Waals surface area (Å²) in [5.41, 5.74) is 1.28. The molecule has 0 spiro atoms.